The van der Waals surface area contributed by atoms with Gasteiger partial charge in [-0.3, -0.25) is 14.6 Å². The molecule has 1 heterocycles. The summed E-state index contributed by atoms with van der Waals surface area (Å²) in [6.07, 6.45) is 0.752. The van der Waals surface area contributed by atoms with Crippen LogP contribution < -0.4 is 0 Å². The standard InChI is InChI=1S/C48H73N3O6/c1-43(2,3)31-19-28(20-32(37(31)52)44(4,5)6)25-49-40(55)50(26-29-21-33(45(7,8)9)38(53)34(22-29)46(10,11)12)42(57)51(41(49)56)27-30-23-35(47(13,14)15)39(54)36(24-30)48(16,17)18/h19-23,35-36,40,52-53,55H,24-27H2,1-18H3. The molecule has 1 aliphatic heterocycles. The summed E-state index contributed by atoms with van der Waals surface area (Å²) in [6, 6.07) is 6.27. The highest BCUT2D eigenvalue weighted by Crippen LogP contribution is 2.45. The number of nitrogens with zero attached hydrogens (tertiary/aromatic N) is 3. The average molecular weight is 788 g/mol. The molecule has 0 spiro atoms. The van der Waals surface area contributed by atoms with Gasteiger partial charge in [-0.25, -0.2) is 14.5 Å². The summed E-state index contributed by atoms with van der Waals surface area (Å²) in [4.78, 5) is 47.3. The number of aliphatic hydroxyl groups is 1. The Labute approximate surface area is 343 Å². The van der Waals surface area contributed by atoms with Crippen molar-refractivity contribution in [2.75, 3.05) is 6.54 Å². The molecule has 1 saturated heterocycles. The molecule has 2 atom stereocenters. The first kappa shape index (κ1) is 45.8. The summed E-state index contributed by atoms with van der Waals surface area (Å²) >= 11 is 0. The van der Waals surface area contributed by atoms with E-state index in [0.29, 0.717) is 17.5 Å². The van der Waals surface area contributed by atoms with Crippen LogP contribution in [0.25, 0.3) is 0 Å². The van der Waals surface area contributed by atoms with Crippen LogP contribution in [-0.4, -0.2) is 60.8 Å². The fourth-order valence-electron chi connectivity index (χ4n) is 8.14. The number of rotatable bonds is 6. The molecule has 0 radical (unpaired) electrons. The SMILES string of the molecule is CC(C)(C)c1cc(CN2C(=O)N(CC3=CC(C(C)(C)C)C(=O)C(C(C)(C)C)C3)C(=O)N(Cc3cc(C(C)(C)C)c(O)c(C(C)(C)C)c3)C2O)cc(C(C)(C)C)c1O. The van der Waals surface area contributed by atoms with E-state index in [2.05, 4.69) is 20.8 Å². The van der Waals surface area contributed by atoms with E-state index in [9.17, 15) is 29.7 Å². The second kappa shape index (κ2) is 15.1. The molecule has 2 aliphatic rings. The van der Waals surface area contributed by atoms with Crippen molar-refractivity contribution in [3.8, 4) is 11.5 Å². The van der Waals surface area contributed by atoms with Gasteiger partial charge < -0.3 is 15.3 Å². The van der Waals surface area contributed by atoms with Crippen molar-refractivity contribution in [2.45, 2.75) is 172 Å². The van der Waals surface area contributed by atoms with Crippen molar-refractivity contribution in [3.05, 3.63) is 69.3 Å². The maximum absolute atomic E-state index is 14.8. The zero-order chi connectivity index (χ0) is 43.8. The lowest BCUT2D eigenvalue weighted by atomic mass is 9.63. The second-order valence-electron chi connectivity index (χ2n) is 23.0. The molecular formula is C48H73N3O6. The van der Waals surface area contributed by atoms with Gasteiger partial charge in [0.1, 0.15) is 17.3 Å². The van der Waals surface area contributed by atoms with E-state index >= 15 is 0 Å². The molecule has 4 amide bonds. The lowest BCUT2D eigenvalue weighted by molar-refractivity contribution is -0.132. The number of aliphatic hydroxyl groups excluding tert-OH is 1. The van der Waals surface area contributed by atoms with Crippen molar-refractivity contribution in [1.29, 1.82) is 0 Å². The van der Waals surface area contributed by atoms with Crippen molar-refractivity contribution >= 4 is 17.8 Å². The predicted octanol–water partition coefficient (Wildman–Crippen LogP) is 10.6. The van der Waals surface area contributed by atoms with E-state index in [4.69, 9.17) is 0 Å². The Balaban J connectivity index is 1.91. The van der Waals surface area contributed by atoms with Gasteiger partial charge in [0.25, 0.3) is 0 Å². The third-order valence-corrected chi connectivity index (χ3v) is 11.6. The van der Waals surface area contributed by atoms with Crippen LogP contribution in [0.15, 0.2) is 35.9 Å². The number of amides is 4. The lowest BCUT2D eigenvalue weighted by Crippen LogP contribution is -2.66. The Morgan fingerprint density at radius 3 is 1.16 bits per heavy atom. The molecule has 9 nitrogen and oxygen atoms in total. The number of urea groups is 2. The number of Topliss-reactive ketones (excluding diaryl/α,β-unsaturated/α-hetero) is 1. The molecule has 316 valence electrons. The van der Waals surface area contributed by atoms with Gasteiger partial charge in [0, 0.05) is 11.8 Å². The Morgan fingerprint density at radius 2 is 0.877 bits per heavy atom. The molecule has 0 bridgehead atoms. The van der Waals surface area contributed by atoms with Crippen LogP contribution in [0.3, 0.4) is 0 Å². The highest BCUT2D eigenvalue weighted by Gasteiger charge is 2.47. The molecule has 0 saturated carbocycles. The average Bonchev–Trinajstić information content (AvgIpc) is 3.02. The zero-order valence-corrected chi connectivity index (χ0v) is 38.4. The van der Waals surface area contributed by atoms with E-state index in [1.807, 2.05) is 134 Å². The maximum Gasteiger partial charge on any atom is 0.332 e. The van der Waals surface area contributed by atoms with Crippen molar-refractivity contribution < 1.29 is 29.7 Å². The minimum Gasteiger partial charge on any atom is -0.507 e. The topological polar surface area (TPSA) is 122 Å². The molecule has 4 rings (SSSR count). The first-order valence-electron chi connectivity index (χ1n) is 20.6. The molecular weight excluding hydrogens is 715 g/mol. The minimum absolute atomic E-state index is 0.0318. The van der Waals surface area contributed by atoms with E-state index in [-0.39, 0.29) is 53.7 Å². The lowest BCUT2D eigenvalue weighted by Gasteiger charge is -2.46. The monoisotopic (exact) mass is 788 g/mol. The number of phenolic OH excluding ortho intramolecular Hbond substituents is 2. The molecule has 9 heteroatoms. The molecule has 1 aliphatic carbocycles. The van der Waals surface area contributed by atoms with Crippen LogP contribution in [0, 0.1) is 22.7 Å². The quantitative estimate of drug-likeness (QED) is 0.251. The van der Waals surface area contributed by atoms with E-state index in [1.165, 1.54) is 14.7 Å². The van der Waals surface area contributed by atoms with Gasteiger partial charge in [-0.2, -0.15) is 0 Å². The molecule has 2 aromatic rings. The van der Waals surface area contributed by atoms with Gasteiger partial charge in [0.05, 0.1) is 19.6 Å². The normalized spacial score (nSPS) is 19.8. The van der Waals surface area contributed by atoms with Gasteiger partial charge in [0.2, 0.25) is 6.35 Å². The molecule has 2 aromatic carbocycles. The number of carbonyl (C=O) groups is 3. The zero-order valence-electron chi connectivity index (χ0n) is 38.4. The van der Waals surface area contributed by atoms with E-state index in [0.717, 1.165) is 27.8 Å². The smallest absolute Gasteiger partial charge is 0.332 e. The maximum atomic E-state index is 14.8. The summed E-state index contributed by atoms with van der Waals surface area (Å²) in [7, 11) is 0. The van der Waals surface area contributed by atoms with Gasteiger partial charge in [-0.15, -0.1) is 0 Å². The fraction of sp³-hybridized carbons (Fsp3) is 0.646. The third kappa shape index (κ3) is 9.72. The number of phenols is 2. The van der Waals surface area contributed by atoms with Crippen molar-refractivity contribution in [2.24, 2.45) is 22.7 Å². The number of carbonyl (C=O) groups excluding carboxylic acids is 3. The molecule has 1 fully saturated rings. The molecule has 2 unspecified atom stereocenters. The summed E-state index contributed by atoms with van der Waals surface area (Å²) in [6.45, 7) is 36.5. The Morgan fingerprint density at radius 1 is 0.544 bits per heavy atom. The number of hydrogen-bond acceptors (Lipinski definition) is 6. The molecule has 57 heavy (non-hydrogen) atoms. The van der Waals surface area contributed by atoms with Crippen LogP contribution in [-0.2, 0) is 39.5 Å². The second-order valence-corrected chi connectivity index (χ2v) is 23.0. The molecule has 0 aromatic heterocycles. The van der Waals surface area contributed by atoms with Crippen LogP contribution in [0.1, 0.15) is 164 Å². The van der Waals surface area contributed by atoms with Crippen molar-refractivity contribution in [3.63, 3.8) is 0 Å². The number of aromatic hydroxyl groups is 2. The van der Waals surface area contributed by atoms with Crippen LogP contribution in [0.2, 0.25) is 0 Å². The van der Waals surface area contributed by atoms with Crippen LogP contribution >= 0.6 is 0 Å². The Kier molecular flexibility index (Phi) is 12.1. The number of hydrogen-bond donors (Lipinski definition) is 3. The number of imide groups is 1. The molecule has 3 N–H and O–H groups in total. The predicted molar refractivity (Wildman–Crippen MR) is 229 cm³/mol. The third-order valence-electron chi connectivity index (χ3n) is 11.6. The van der Waals surface area contributed by atoms with Crippen molar-refractivity contribution in [1.82, 2.24) is 14.7 Å². The van der Waals surface area contributed by atoms with Gasteiger partial charge >= 0.3 is 12.1 Å². The summed E-state index contributed by atoms with van der Waals surface area (Å²) in [5.74, 6) is -0.117. The highest BCUT2D eigenvalue weighted by molar-refractivity contribution is 5.96. The number of ketones is 1. The first-order chi connectivity index (χ1) is 25.5. The summed E-state index contributed by atoms with van der Waals surface area (Å²) in [5, 5.41) is 35.1. The number of benzene rings is 2. The first-order valence-corrected chi connectivity index (χ1v) is 20.6. The number of allylic oxidation sites excluding steroid dienone is 1. The van der Waals surface area contributed by atoms with Crippen LogP contribution in [0.5, 0.6) is 11.5 Å². The Hall–Kier alpha value is -3.85. The minimum atomic E-state index is -1.62. The highest BCUT2D eigenvalue weighted by atomic mass is 16.3. The van der Waals surface area contributed by atoms with E-state index in [1.54, 1.807) is 0 Å². The fourth-order valence-corrected chi connectivity index (χ4v) is 8.14. The van der Waals surface area contributed by atoms with Gasteiger partial charge in [-0.05, 0) is 96.6 Å². The van der Waals surface area contributed by atoms with E-state index < -0.39 is 46.0 Å². The van der Waals surface area contributed by atoms with Crippen LogP contribution in [0.4, 0.5) is 9.59 Å². The summed E-state index contributed by atoms with van der Waals surface area (Å²) < 4.78 is 0. The van der Waals surface area contributed by atoms with Gasteiger partial charge in [0.15, 0.2) is 0 Å². The summed E-state index contributed by atoms with van der Waals surface area (Å²) in [5.41, 5.74) is 2.72. The van der Waals surface area contributed by atoms with Gasteiger partial charge in [-0.1, -0.05) is 136 Å². The largest absolute Gasteiger partial charge is 0.507 e. The Bertz CT molecular complexity index is 1740.